The summed E-state index contributed by atoms with van der Waals surface area (Å²) in [5.74, 6) is -1.33. The monoisotopic (exact) mass is 336 g/mol. The van der Waals surface area contributed by atoms with Crippen LogP contribution >= 0.6 is 0 Å². The number of hydrogen-bond donors (Lipinski definition) is 1. The van der Waals surface area contributed by atoms with Crippen LogP contribution in [0.5, 0.6) is 0 Å². The molecule has 1 aromatic rings. The number of carbonyl (C=O) groups excluding carboxylic acids is 1. The lowest BCUT2D eigenvalue weighted by Crippen LogP contribution is -2.44. The molecule has 2 N–H and O–H groups in total. The van der Waals surface area contributed by atoms with E-state index in [-0.39, 0.29) is 13.1 Å². The minimum Gasteiger partial charge on any atom is -0.369 e. The number of hydrogen-bond acceptors (Lipinski definition) is 3. The van der Waals surface area contributed by atoms with Gasteiger partial charge in [-0.3, -0.25) is 4.79 Å². The summed E-state index contributed by atoms with van der Waals surface area (Å²) in [6.07, 6.45) is -3.97. The summed E-state index contributed by atoms with van der Waals surface area (Å²) in [6, 6.07) is 4.01. The van der Waals surface area contributed by atoms with Gasteiger partial charge in [0.1, 0.15) is 0 Å². The third-order valence-corrected chi connectivity index (χ3v) is 5.52. The minimum absolute atomic E-state index is 0.0678. The van der Waals surface area contributed by atoms with Crippen molar-refractivity contribution in [3.05, 3.63) is 29.8 Å². The smallest absolute Gasteiger partial charge is 0.369 e. The highest BCUT2D eigenvalue weighted by Gasteiger charge is 2.40. The zero-order valence-corrected chi connectivity index (χ0v) is 12.3. The number of piperidine rings is 1. The molecule has 9 heteroatoms. The standard InChI is InChI=1S/C13H15F3N2O3S/c14-13(15,16)10-5-1-2-6-11(10)22(20,21)18-7-3-4-9(8-18)12(17)19/h1-2,5-6,9H,3-4,7-8H2,(H2,17,19)/t9-/m0/s1. The second-order valence-electron chi connectivity index (χ2n) is 5.10. The minimum atomic E-state index is -4.78. The maximum Gasteiger partial charge on any atom is 0.417 e. The zero-order valence-electron chi connectivity index (χ0n) is 11.5. The molecule has 1 amide bonds. The number of nitrogens with zero attached hydrogens (tertiary/aromatic N) is 1. The summed E-state index contributed by atoms with van der Waals surface area (Å²) in [5, 5.41) is 0. The number of sulfonamides is 1. The average Bonchev–Trinajstić information content (AvgIpc) is 2.46. The number of primary amides is 1. The first-order valence-corrected chi connectivity index (χ1v) is 8.03. The fraction of sp³-hybridized carbons (Fsp3) is 0.462. The summed E-state index contributed by atoms with van der Waals surface area (Å²) in [4.78, 5) is 10.4. The molecule has 0 aliphatic carbocycles. The van der Waals surface area contributed by atoms with Crippen molar-refractivity contribution in [2.24, 2.45) is 11.7 Å². The molecule has 0 radical (unpaired) electrons. The van der Waals surface area contributed by atoms with Crippen LogP contribution in [-0.4, -0.2) is 31.7 Å². The van der Waals surface area contributed by atoms with E-state index in [0.717, 1.165) is 22.5 Å². The van der Waals surface area contributed by atoms with Crippen LogP contribution in [0.25, 0.3) is 0 Å². The molecule has 0 saturated carbocycles. The summed E-state index contributed by atoms with van der Waals surface area (Å²) in [6.45, 7) is -0.123. The first-order chi connectivity index (χ1) is 10.1. The van der Waals surface area contributed by atoms with Gasteiger partial charge in [0.05, 0.1) is 16.4 Å². The number of alkyl halides is 3. The van der Waals surface area contributed by atoms with Crippen LogP contribution < -0.4 is 5.73 Å². The zero-order chi connectivity index (χ0) is 16.5. The number of halogens is 3. The van der Waals surface area contributed by atoms with Crippen molar-refractivity contribution in [3.8, 4) is 0 Å². The van der Waals surface area contributed by atoms with Crippen molar-refractivity contribution in [2.45, 2.75) is 23.9 Å². The predicted octanol–water partition coefficient (Wildman–Crippen LogP) is 1.59. The third kappa shape index (κ3) is 3.25. The van der Waals surface area contributed by atoms with Crippen LogP contribution in [0.3, 0.4) is 0 Å². The molecule has 1 aromatic carbocycles. The summed E-state index contributed by atoms with van der Waals surface area (Å²) < 4.78 is 64.9. The summed E-state index contributed by atoms with van der Waals surface area (Å²) in [7, 11) is -4.34. The number of nitrogens with two attached hydrogens (primary N) is 1. The highest BCUT2D eigenvalue weighted by atomic mass is 32.2. The maximum absolute atomic E-state index is 13.0. The Hall–Kier alpha value is -1.61. The lowest BCUT2D eigenvalue weighted by molar-refractivity contribution is -0.140. The van der Waals surface area contributed by atoms with Gasteiger partial charge in [0.2, 0.25) is 15.9 Å². The Morgan fingerprint density at radius 1 is 1.27 bits per heavy atom. The van der Waals surface area contributed by atoms with Crippen molar-refractivity contribution in [3.63, 3.8) is 0 Å². The Morgan fingerprint density at radius 3 is 2.50 bits per heavy atom. The van der Waals surface area contributed by atoms with Gasteiger partial charge in [-0.15, -0.1) is 0 Å². The van der Waals surface area contributed by atoms with E-state index in [4.69, 9.17) is 5.73 Å². The molecule has 1 heterocycles. The van der Waals surface area contributed by atoms with E-state index < -0.39 is 38.5 Å². The van der Waals surface area contributed by atoms with Crippen LogP contribution in [0, 0.1) is 5.92 Å². The van der Waals surface area contributed by atoms with Gasteiger partial charge >= 0.3 is 6.18 Å². The summed E-state index contributed by atoms with van der Waals surface area (Å²) in [5.41, 5.74) is 3.96. The number of amides is 1. The highest BCUT2D eigenvalue weighted by Crippen LogP contribution is 2.35. The molecule has 1 saturated heterocycles. The first-order valence-electron chi connectivity index (χ1n) is 6.59. The van der Waals surface area contributed by atoms with Crippen molar-refractivity contribution >= 4 is 15.9 Å². The Bertz CT molecular complexity index is 673. The van der Waals surface area contributed by atoms with Crippen molar-refractivity contribution in [2.75, 3.05) is 13.1 Å². The molecule has 1 aliphatic rings. The molecule has 22 heavy (non-hydrogen) atoms. The van der Waals surface area contributed by atoms with E-state index in [1.807, 2.05) is 0 Å². The SMILES string of the molecule is NC(=O)[C@H]1CCCN(S(=O)(=O)c2ccccc2C(F)(F)F)C1. The van der Waals surface area contributed by atoms with Gasteiger partial charge in [-0.2, -0.15) is 17.5 Å². The van der Waals surface area contributed by atoms with E-state index in [0.29, 0.717) is 12.8 Å². The second kappa shape index (κ2) is 5.88. The van der Waals surface area contributed by atoms with E-state index in [1.165, 1.54) is 6.07 Å². The number of benzene rings is 1. The predicted molar refractivity (Wildman–Crippen MR) is 72.1 cm³/mol. The van der Waals surface area contributed by atoms with Crippen molar-refractivity contribution in [1.82, 2.24) is 4.31 Å². The molecule has 1 aliphatic heterocycles. The average molecular weight is 336 g/mol. The lowest BCUT2D eigenvalue weighted by atomic mass is 9.99. The lowest BCUT2D eigenvalue weighted by Gasteiger charge is -2.31. The van der Waals surface area contributed by atoms with Crippen molar-refractivity contribution in [1.29, 1.82) is 0 Å². The topological polar surface area (TPSA) is 80.5 Å². The number of rotatable bonds is 3. The second-order valence-corrected chi connectivity index (χ2v) is 7.00. The normalized spacial score (nSPS) is 20.8. The number of carbonyl (C=O) groups is 1. The molecular formula is C13H15F3N2O3S. The Labute approximate surface area is 125 Å². The molecule has 122 valence electrons. The quantitative estimate of drug-likeness (QED) is 0.910. The van der Waals surface area contributed by atoms with Gasteiger partial charge in [0.15, 0.2) is 0 Å². The van der Waals surface area contributed by atoms with Gasteiger partial charge in [0, 0.05) is 13.1 Å². The fourth-order valence-corrected chi connectivity index (χ4v) is 4.19. The van der Waals surface area contributed by atoms with Crippen LogP contribution in [0.4, 0.5) is 13.2 Å². The Kier molecular flexibility index (Phi) is 4.48. The molecule has 0 bridgehead atoms. The van der Waals surface area contributed by atoms with E-state index in [1.54, 1.807) is 0 Å². The van der Waals surface area contributed by atoms with Gasteiger partial charge < -0.3 is 5.73 Å². The third-order valence-electron chi connectivity index (χ3n) is 3.60. The Balaban J connectivity index is 2.41. The highest BCUT2D eigenvalue weighted by molar-refractivity contribution is 7.89. The molecule has 0 spiro atoms. The maximum atomic E-state index is 13.0. The Morgan fingerprint density at radius 2 is 1.91 bits per heavy atom. The van der Waals surface area contributed by atoms with Crippen LogP contribution in [-0.2, 0) is 21.0 Å². The van der Waals surface area contributed by atoms with Crippen LogP contribution in [0.1, 0.15) is 18.4 Å². The van der Waals surface area contributed by atoms with Gasteiger partial charge in [-0.25, -0.2) is 8.42 Å². The molecule has 2 rings (SSSR count). The fourth-order valence-electron chi connectivity index (χ4n) is 2.46. The first kappa shape index (κ1) is 16.8. The molecule has 5 nitrogen and oxygen atoms in total. The van der Waals surface area contributed by atoms with Crippen molar-refractivity contribution < 1.29 is 26.4 Å². The van der Waals surface area contributed by atoms with Gasteiger partial charge in [0.25, 0.3) is 0 Å². The summed E-state index contributed by atoms with van der Waals surface area (Å²) >= 11 is 0. The molecule has 1 fully saturated rings. The molecule has 1 atom stereocenters. The van der Waals surface area contributed by atoms with Crippen LogP contribution in [0.15, 0.2) is 29.2 Å². The van der Waals surface area contributed by atoms with E-state index in [2.05, 4.69) is 0 Å². The van der Waals surface area contributed by atoms with Gasteiger partial charge in [-0.05, 0) is 25.0 Å². The van der Waals surface area contributed by atoms with E-state index in [9.17, 15) is 26.4 Å². The van der Waals surface area contributed by atoms with Gasteiger partial charge in [-0.1, -0.05) is 12.1 Å². The largest absolute Gasteiger partial charge is 0.417 e. The molecule has 0 aromatic heterocycles. The van der Waals surface area contributed by atoms with Crippen LogP contribution in [0.2, 0.25) is 0 Å². The van der Waals surface area contributed by atoms with E-state index >= 15 is 0 Å². The molecule has 0 unspecified atom stereocenters. The molecular weight excluding hydrogens is 321 g/mol.